The van der Waals surface area contributed by atoms with Crippen LogP contribution in [0.25, 0.3) is 21.9 Å². The molecule has 0 aliphatic heterocycles. The minimum absolute atomic E-state index is 0.0458. The molecule has 38 heavy (non-hydrogen) atoms. The number of benzene rings is 4. The fourth-order valence-electron chi connectivity index (χ4n) is 4.26. The molecule has 8 nitrogen and oxygen atoms in total. The topological polar surface area (TPSA) is 98.1 Å². The number of fused-ring (bicyclic) bond motifs is 3. The van der Waals surface area contributed by atoms with E-state index in [2.05, 4.69) is 5.32 Å². The van der Waals surface area contributed by atoms with Gasteiger partial charge in [0.25, 0.3) is 10.0 Å². The highest BCUT2D eigenvalue weighted by molar-refractivity contribution is 7.92. The Morgan fingerprint density at radius 2 is 1.61 bits per heavy atom. The van der Waals surface area contributed by atoms with E-state index >= 15 is 0 Å². The number of rotatable bonds is 8. The van der Waals surface area contributed by atoms with Gasteiger partial charge < -0.3 is 19.2 Å². The number of para-hydroxylation sites is 1. The number of methoxy groups -OCH3 is 2. The quantitative estimate of drug-likeness (QED) is 0.275. The molecule has 0 unspecified atom stereocenters. The van der Waals surface area contributed by atoms with Gasteiger partial charge in [-0.05, 0) is 49.4 Å². The van der Waals surface area contributed by atoms with Crippen LogP contribution in [0.15, 0.2) is 94.2 Å². The molecule has 0 saturated heterocycles. The van der Waals surface area contributed by atoms with E-state index in [0.29, 0.717) is 17.0 Å². The number of hydrogen-bond acceptors (Lipinski definition) is 6. The number of carbonyl (C=O) groups excluding carboxylic acids is 1. The van der Waals surface area contributed by atoms with Crippen molar-refractivity contribution in [3.63, 3.8) is 0 Å². The molecule has 0 fully saturated rings. The Kier molecular flexibility index (Phi) is 6.69. The summed E-state index contributed by atoms with van der Waals surface area (Å²) in [5.74, 6) is 0.152. The number of sulfonamides is 1. The molecule has 0 bridgehead atoms. The van der Waals surface area contributed by atoms with Gasteiger partial charge in [0.2, 0.25) is 5.91 Å². The van der Waals surface area contributed by atoms with E-state index < -0.39 is 22.5 Å². The van der Waals surface area contributed by atoms with Crippen LogP contribution in [0, 0.1) is 6.92 Å². The Labute approximate surface area is 220 Å². The zero-order valence-corrected chi connectivity index (χ0v) is 21.9. The Hall–Kier alpha value is -4.50. The van der Waals surface area contributed by atoms with E-state index in [9.17, 15) is 13.2 Å². The van der Waals surface area contributed by atoms with Crippen molar-refractivity contribution in [2.45, 2.75) is 11.8 Å². The Bertz CT molecular complexity index is 1740. The summed E-state index contributed by atoms with van der Waals surface area (Å²) in [6, 6.07) is 24.2. The van der Waals surface area contributed by atoms with Crippen LogP contribution < -0.4 is 19.1 Å². The number of hydrogen-bond donors (Lipinski definition) is 1. The van der Waals surface area contributed by atoms with Crippen LogP contribution in [0.1, 0.15) is 5.56 Å². The lowest BCUT2D eigenvalue weighted by atomic mass is 10.1. The minimum atomic E-state index is -4.15. The van der Waals surface area contributed by atoms with Crippen molar-refractivity contribution in [1.82, 2.24) is 0 Å². The summed E-state index contributed by atoms with van der Waals surface area (Å²) in [6.07, 6.45) is 0. The molecule has 4 aromatic carbocycles. The van der Waals surface area contributed by atoms with Crippen molar-refractivity contribution in [3.8, 4) is 11.5 Å². The van der Waals surface area contributed by atoms with Crippen molar-refractivity contribution in [1.29, 1.82) is 0 Å². The first-order valence-electron chi connectivity index (χ1n) is 11.8. The molecule has 0 atom stereocenters. The third-order valence-electron chi connectivity index (χ3n) is 6.21. The average molecular weight is 531 g/mol. The normalized spacial score (nSPS) is 11.4. The van der Waals surface area contributed by atoms with Crippen LogP contribution in [0.2, 0.25) is 0 Å². The summed E-state index contributed by atoms with van der Waals surface area (Å²) in [6.45, 7) is 1.36. The van der Waals surface area contributed by atoms with E-state index in [1.807, 2.05) is 37.3 Å². The van der Waals surface area contributed by atoms with Crippen molar-refractivity contribution in [2.75, 3.05) is 30.4 Å². The molecule has 5 aromatic rings. The van der Waals surface area contributed by atoms with Crippen LogP contribution in [0.3, 0.4) is 0 Å². The predicted molar refractivity (Wildman–Crippen MR) is 148 cm³/mol. The van der Waals surface area contributed by atoms with Crippen molar-refractivity contribution < 1.29 is 27.1 Å². The molecular weight excluding hydrogens is 504 g/mol. The molecular formula is C29H26N2O6S. The largest absolute Gasteiger partial charge is 0.497 e. The molecule has 1 heterocycles. The lowest BCUT2D eigenvalue weighted by Gasteiger charge is -2.26. The number of aryl methyl sites for hydroxylation is 1. The van der Waals surface area contributed by atoms with Gasteiger partial charge in [0.1, 0.15) is 29.2 Å². The van der Waals surface area contributed by atoms with Gasteiger partial charge in [0.15, 0.2) is 0 Å². The standard InChI is InChI=1S/C29H26N2O6S/c1-19-8-12-22(13-9-19)38(33,34)31(25-17-21(35-2)11-15-27(25)36-3)18-29(32)30-20-10-14-24-23-6-4-5-7-26(23)37-28(24)16-20/h4-17H,18H2,1-3H3,(H,30,32). The Morgan fingerprint density at radius 3 is 2.34 bits per heavy atom. The smallest absolute Gasteiger partial charge is 0.264 e. The Balaban J connectivity index is 1.50. The monoisotopic (exact) mass is 530 g/mol. The molecule has 0 spiro atoms. The molecule has 0 radical (unpaired) electrons. The lowest BCUT2D eigenvalue weighted by molar-refractivity contribution is -0.114. The van der Waals surface area contributed by atoms with Gasteiger partial charge in [-0.15, -0.1) is 0 Å². The van der Waals surface area contributed by atoms with Gasteiger partial charge in [0, 0.05) is 28.6 Å². The molecule has 5 rings (SSSR count). The van der Waals surface area contributed by atoms with Crippen molar-refractivity contribution in [3.05, 3.63) is 90.5 Å². The number of ether oxygens (including phenoxy) is 2. The first kappa shape index (κ1) is 25.2. The summed E-state index contributed by atoms with van der Waals surface area (Å²) in [5.41, 5.74) is 2.92. The van der Waals surface area contributed by atoms with Gasteiger partial charge >= 0.3 is 0 Å². The van der Waals surface area contributed by atoms with Crippen molar-refractivity contribution >= 4 is 49.2 Å². The number of amides is 1. The molecule has 194 valence electrons. The lowest BCUT2D eigenvalue weighted by Crippen LogP contribution is -2.38. The predicted octanol–water partition coefficient (Wildman–Crippen LogP) is 5.75. The summed E-state index contributed by atoms with van der Waals surface area (Å²) in [7, 11) is -1.24. The van der Waals surface area contributed by atoms with Gasteiger partial charge in [-0.3, -0.25) is 9.10 Å². The van der Waals surface area contributed by atoms with Gasteiger partial charge in [0.05, 0.1) is 24.8 Å². The van der Waals surface area contributed by atoms with E-state index in [4.69, 9.17) is 13.9 Å². The number of nitrogens with zero attached hydrogens (tertiary/aromatic N) is 1. The zero-order chi connectivity index (χ0) is 26.9. The zero-order valence-electron chi connectivity index (χ0n) is 21.1. The molecule has 0 aliphatic rings. The van der Waals surface area contributed by atoms with E-state index in [0.717, 1.165) is 26.2 Å². The molecule has 1 aromatic heterocycles. The number of anilines is 2. The third kappa shape index (κ3) is 4.76. The average Bonchev–Trinajstić information content (AvgIpc) is 3.29. The van der Waals surface area contributed by atoms with Gasteiger partial charge in [-0.25, -0.2) is 8.42 Å². The highest BCUT2D eigenvalue weighted by atomic mass is 32.2. The molecule has 0 saturated carbocycles. The number of carbonyl (C=O) groups is 1. The second kappa shape index (κ2) is 10.1. The fourth-order valence-corrected chi connectivity index (χ4v) is 5.69. The first-order valence-corrected chi connectivity index (χ1v) is 13.3. The number of furan rings is 1. The fraction of sp³-hybridized carbons (Fsp3) is 0.138. The highest BCUT2D eigenvalue weighted by Gasteiger charge is 2.30. The maximum atomic E-state index is 13.8. The van der Waals surface area contributed by atoms with Crippen LogP contribution in [-0.2, 0) is 14.8 Å². The third-order valence-corrected chi connectivity index (χ3v) is 7.99. The molecule has 9 heteroatoms. The SMILES string of the molecule is COc1ccc(OC)c(N(CC(=O)Nc2ccc3c(c2)oc2ccccc23)S(=O)(=O)c2ccc(C)cc2)c1. The maximum absolute atomic E-state index is 13.8. The van der Waals surface area contributed by atoms with Crippen LogP contribution in [0.5, 0.6) is 11.5 Å². The van der Waals surface area contributed by atoms with Gasteiger partial charge in [-0.2, -0.15) is 0 Å². The summed E-state index contributed by atoms with van der Waals surface area (Å²) < 4.78 is 45.3. The molecule has 1 amide bonds. The molecule has 1 N–H and O–H groups in total. The Morgan fingerprint density at radius 1 is 0.868 bits per heavy atom. The van der Waals surface area contributed by atoms with Crippen LogP contribution in [0.4, 0.5) is 11.4 Å². The van der Waals surface area contributed by atoms with E-state index in [-0.39, 0.29) is 16.3 Å². The number of nitrogens with one attached hydrogen (secondary N) is 1. The molecule has 0 aliphatic carbocycles. The minimum Gasteiger partial charge on any atom is -0.497 e. The van der Waals surface area contributed by atoms with E-state index in [1.54, 1.807) is 36.4 Å². The summed E-state index contributed by atoms with van der Waals surface area (Å²) in [5, 5.41) is 4.69. The van der Waals surface area contributed by atoms with Crippen LogP contribution >= 0.6 is 0 Å². The summed E-state index contributed by atoms with van der Waals surface area (Å²) >= 11 is 0. The van der Waals surface area contributed by atoms with Crippen molar-refractivity contribution in [2.24, 2.45) is 0 Å². The summed E-state index contributed by atoms with van der Waals surface area (Å²) in [4.78, 5) is 13.3. The second-order valence-electron chi connectivity index (χ2n) is 8.72. The van der Waals surface area contributed by atoms with Gasteiger partial charge in [-0.1, -0.05) is 35.9 Å². The highest BCUT2D eigenvalue weighted by Crippen LogP contribution is 2.36. The van der Waals surface area contributed by atoms with E-state index in [1.165, 1.54) is 32.4 Å². The van der Waals surface area contributed by atoms with Crippen LogP contribution in [-0.4, -0.2) is 35.1 Å². The first-order chi connectivity index (χ1) is 18.3. The maximum Gasteiger partial charge on any atom is 0.264 e. The second-order valence-corrected chi connectivity index (χ2v) is 10.6.